The van der Waals surface area contributed by atoms with Crippen molar-refractivity contribution in [3.63, 3.8) is 0 Å². The summed E-state index contributed by atoms with van der Waals surface area (Å²) in [5.41, 5.74) is 0.718. The zero-order valence-electron chi connectivity index (χ0n) is 11.9. The van der Waals surface area contributed by atoms with Crippen LogP contribution < -0.4 is 15.4 Å². The first-order valence-corrected chi connectivity index (χ1v) is 6.59. The highest BCUT2D eigenvalue weighted by Gasteiger charge is 2.02. The molecule has 2 N–H and O–H groups in total. The Bertz CT molecular complexity index is 421. The summed E-state index contributed by atoms with van der Waals surface area (Å²) in [5.74, 6) is 0.624. The topological polar surface area (TPSA) is 59.6 Å². The maximum atomic E-state index is 11.7. The second kappa shape index (κ2) is 10.00. The van der Waals surface area contributed by atoms with Gasteiger partial charge in [-0.15, -0.1) is 0 Å². The largest absolute Gasteiger partial charge is 0.489 e. The van der Waals surface area contributed by atoms with Crippen LogP contribution in [0.2, 0.25) is 0 Å². The molecule has 0 heterocycles. The lowest BCUT2D eigenvalue weighted by molar-refractivity contribution is -0.115. The van der Waals surface area contributed by atoms with E-state index in [0.29, 0.717) is 19.0 Å². The molecule has 110 valence electrons. The van der Waals surface area contributed by atoms with Crippen LogP contribution >= 0.6 is 0 Å². The fraction of sp³-hybridized carbons (Fsp3) is 0.400. The molecule has 5 heteroatoms. The first-order valence-electron chi connectivity index (χ1n) is 6.59. The summed E-state index contributed by atoms with van der Waals surface area (Å²) in [4.78, 5) is 11.7. The molecule has 1 amide bonds. The van der Waals surface area contributed by atoms with Crippen LogP contribution in [0.4, 0.5) is 5.69 Å². The van der Waals surface area contributed by atoms with Crippen LogP contribution in [0.5, 0.6) is 5.75 Å². The van der Waals surface area contributed by atoms with Crippen LogP contribution in [-0.4, -0.2) is 39.3 Å². The molecule has 1 aromatic carbocycles. The van der Waals surface area contributed by atoms with Gasteiger partial charge in [-0.05, 0) is 25.1 Å². The van der Waals surface area contributed by atoms with E-state index in [1.807, 2.05) is 18.2 Å². The summed E-state index contributed by atoms with van der Waals surface area (Å²) in [7, 11) is 1.66. The summed E-state index contributed by atoms with van der Waals surface area (Å²) in [6.45, 7) is 5.76. The van der Waals surface area contributed by atoms with Crippen molar-refractivity contribution in [1.82, 2.24) is 5.32 Å². The lowest BCUT2D eigenvalue weighted by atomic mass is 10.3. The molecule has 0 bridgehead atoms. The number of nitrogens with one attached hydrogen (secondary N) is 2. The molecule has 0 unspecified atom stereocenters. The molecule has 1 rings (SSSR count). The van der Waals surface area contributed by atoms with Gasteiger partial charge in [0.15, 0.2) is 0 Å². The standard InChI is InChI=1S/C15H22N2O3/c1-3-9-20-14-7-4-6-13(11-14)17-15(18)12-16-8-5-10-19-2/h3-4,6-7,11,16H,1,5,8-10,12H2,2H3,(H,17,18). The third-order valence-corrected chi connectivity index (χ3v) is 2.47. The van der Waals surface area contributed by atoms with Gasteiger partial charge in [0.2, 0.25) is 5.91 Å². The summed E-state index contributed by atoms with van der Waals surface area (Å²) in [5, 5.41) is 5.86. The Morgan fingerprint density at radius 2 is 2.30 bits per heavy atom. The van der Waals surface area contributed by atoms with Crippen molar-refractivity contribution in [1.29, 1.82) is 0 Å². The zero-order valence-corrected chi connectivity index (χ0v) is 11.9. The van der Waals surface area contributed by atoms with E-state index in [-0.39, 0.29) is 12.5 Å². The van der Waals surface area contributed by atoms with Crippen molar-refractivity contribution in [2.75, 3.05) is 38.7 Å². The van der Waals surface area contributed by atoms with Crippen molar-refractivity contribution in [2.45, 2.75) is 6.42 Å². The molecular formula is C15H22N2O3. The summed E-state index contributed by atoms with van der Waals surface area (Å²) in [6.07, 6.45) is 2.56. The van der Waals surface area contributed by atoms with Gasteiger partial charge in [0.1, 0.15) is 12.4 Å². The van der Waals surface area contributed by atoms with E-state index in [2.05, 4.69) is 17.2 Å². The SMILES string of the molecule is C=CCOc1cccc(NC(=O)CNCCCOC)c1. The monoisotopic (exact) mass is 278 g/mol. The number of methoxy groups -OCH3 is 1. The maximum absolute atomic E-state index is 11.7. The number of carbonyl (C=O) groups is 1. The van der Waals surface area contributed by atoms with Gasteiger partial charge in [-0.25, -0.2) is 0 Å². The van der Waals surface area contributed by atoms with Crippen molar-refractivity contribution < 1.29 is 14.3 Å². The molecule has 0 aliphatic heterocycles. The number of ether oxygens (including phenoxy) is 2. The van der Waals surface area contributed by atoms with Gasteiger partial charge in [-0.3, -0.25) is 4.79 Å². The molecule has 20 heavy (non-hydrogen) atoms. The minimum absolute atomic E-state index is 0.0803. The minimum atomic E-state index is -0.0803. The van der Waals surface area contributed by atoms with Crippen molar-refractivity contribution in [2.24, 2.45) is 0 Å². The van der Waals surface area contributed by atoms with E-state index in [4.69, 9.17) is 9.47 Å². The van der Waals surface area contributed by atoms with E-state index in [1.54, 1.807) is 19.3 Å². The molecule has 0 radical (unpaired) electrons. The smallest absolute Gasteiger partial charge is 0.238 e. The summed E-state index contributed by atoms with van der Waals surface area (Å²) in [6, 6.07) is 7.28. The highest BCUT2D eigenvalue weighted by atomic mass is 16.5. The Kier molecular flexibility index (Phi) is 8.10. The summed E-state index contributed by atoms with van der Waals surface area (Å²) >= 11 is 0. The predicted molar refractivity (Wildman–Crippen MR) is 80.1 cm³/mol. The van der Waals surface area contributed by atoms with Gasteiger partial charge < -0.3 is 20.1 Å². The molecule has 0 aromatic heterocycles. The average Bonchev–Trinajstić information content (AvgIpc) is 2.45. The summed E-state index contributed by atoms with van der Waals surface area (Å²) < 4.78 is 10.3. The molecule has 0 atom stereocenters. The molecule has 0 fully saturated rings. The predicted octanol–water partition coefficient (Wildman–Crippen LogP) is 1.82. The number of amides is 1. The fourth-order valence-electron chi connectivity index (χ4n) is 1.57. The van der Waals surface area contributed by atoms with Crippen LogP contribution in [0, 0.1) is 0 Å². The zero-order chi connectivity index (χ0) is 14.6. The quantitative estimate of drug-likeness (QED) is 0.506. The van der Waals surface area contributed by atoms with Crippen molar-refractivity contribution >= 4 is 11.6 Å². The molecule has 1 aromatic rings. The first kappa shape index (κ1) is 16.2. The Morgan fingerprint density at radius 1 is 1.45 bits per heavy atom. The number of hydrogen-bond acceptors (Lipinski definition) is 4. The lowest BCUT2D eigenvalue weighted by Crippen LogP contribution is -2.29. The van der Waals surface area contributed by atoms with Gasteiger partial charge >= 0.3 is 0 Å². The molecular weight excluding hydrogens is 256 g/mol. The van der Waals surface area contributed by atoms with Gasteiger partial charge in [0.05, 0.1) is 6.54 Å². The Labute approximate surface area is 120 Å². The number of carbonyl (C=O) groups excluding carboxylic acids is 1. The Hall–Kier alpha value is -1.85. The molecule has 0 aliphatic rings. The third kappa shape index (κ3) is 6.92. The molecule has 0 saturated heterocycles. The van der Waals surface area contributed by atoms with Crippen LogP contribution in [0.25, 0.3) is 0 Å². The Morgan fingerprint density at radius 3 is 3.05 bits per heavy atom. The van der Waals surface area contributed by atoms with Gasteiger partial charge in [-0.1, -0.05) is 18.7 Å². The number of hydrogen-bond donors (Lipinski definition) is 2. The highest BCUT2D eigenvalue weighted by molar-refractivity contribution is 5.92. The highest BCUT2D eigenvalue weighted by Crippen LogP contribution is 2.17. The Balaban J connectivity index is 2.32. The minimum Gasteiger partial charge on any atom is -0.489 e. The van der Waals surface area contributed by atoms with Gasteiger partial charge in [0.25, 0.3) is 0 Å². The molecule has 0 saturated carbocycles. The molecule has 5 nitrogen and oxygen atoms in total. The van der Waals surface area contributed by atoms with Crippen LogP contribution in [-0.2, 0) is 9.53 Å². The van der Waals surface area contributed by atoms with E-state index >= 15 is 0 Å². The molecule has 0 aliphatic carbocycles. The van der Waals surface area contributed by atoms with Gasteiger partial charge in [0, 0.05) is 25.5 Å². The van der Waals surface area contributed by atoms with E-state index < -0.39 is 0 Å². The van der Waals surface area contributed by atoms with E-state index in [0.717, 1.165) is 18.7 Å². The van der Waals surface area contributed by atoms with E-state index in [9.17, 15) is 4.79 Å². The number of anilines is 1. The average molecular weight is 278 g/mol. The maximum Gasteiger partial charge on any atom is 0.238 e. The second-order valence-corrected chi connectivity index (χ2v) is 4.20. The third-order valence-electron chi connectivity index (χ3n) is 2.47. The van der Waals surface area contributed by atoms with Crippen molar-refractivity contribution in [3.05, 3.63) is 36.9 Å². The van der Waals surface area contributed by atoms with Crippen LogP contribution in [0.1, 0.15) is 6.42 Å². The van der Waals surface area contributed by atoms with Crippen LogP contribution in [0.15, 0.2) is 36.9 Å². The molecule has 0 spiro atoms. The lowest BCUT2D eigenvalue weighted by Gasteiger charge is -2.08. The first-order chi connectivity index (χ1) is 9.76. The van der Waals surface area contributed by atoms with Gasteiger partial charge in [-0.2, -0.15) is 0 Å². The fourth-order valence-corrected chi connectivity index (χ4v) is 1.57. The number of benzene rings is 1. The number of rotatable bonds is 10. The van der Waals surface area contributed by atoms with E-state index in [1.165, 1.54) is 0 Å². The van der Waals surface area contributed by atoms with Crippen LogP contribution in [0.3, 0.4) is 0 Å². The van der Waals surface area contributed by atoms with Crippen molar-refractivity contribution in [3.8, 4) is 5.75 Å². The second-order valence-electron chi connectivity index (χ2n) is 4.20. The normalized spacial score (nSPS) is 10.1.